The first kappa shape index (κ1) is 23.4. The average Bonchev–Trinajstić information content (AvgIpc) is 3.10. The number of carbonyl (C=O) groups is 1. The number of ether oxygens (including phenoxy) is 2. The summed E-state index contributed by atoms with van der Waals surface area (Å²) in [5.41, 5.74) is 3.18. The van der Waals surface area contributed by atoms with E-state index in [0.717, 1.165) is 31.6 Å². The second-order valence-corrected chi connectivity index (χ2v) is 10.2. The Bertz CT molecular complexity index is 1170. The van der Waals surface area contributed by atoms with Gasteiger partial charge in [-0.3, -0.25) is 0 Å². The molecule has 0 radical (unpaired) electrons. The number of halogens is 2. The highest BCUT2D eigenvalue weighted by Gasteiger charge is 2.11. The van der Waals surface area contributed by atoms with E-state index in [1.807, 2.05) is 12.1 Å². The zero-order valence-corrected chi connectivity index (χ0v) is 22.3. The van der Waals surface area contributed by atoms with Crippen LogP contribution in [0.1, 0.15) is 36.0 Å². The van der Waals surface area contributed by atoms with Crippen LogP contribution in [0.3, 0.4) is 0 Å². The van der Waals surface area contributed by atoms with Crippen molar-refractivity contribution in [2.45, 2.75) is 32.2 Å². The maximum Gasteiger partial charge on any atom is 0.337 e. The number of methoxy groups -OCH3 is 1. The van der Waals surface area contributed by atoms with Crippen LogP contribution in [0, 0.1) is 7.14 Å². The summed E-state index contributed by atoms with van der Waals surface area (Å²) < 4.78 is 15.5. The minimum absolute atomic E-state index is 0.329. The molecule has 0 aliphatic carbocycles. The first-order valence-corrected chi connectivity index (χ1v) is 12.9. The van der Waals surface area contributed by atoms with Crippen molar-refractivity contribution in [3.63, 3.8) is 0 Å². The Morgan fingerprint density at radius 3 is 2.00 bits per heavy atom. The number of benzene rings is 3. The molecule has 32 heavy (non-hydrogen) atoms. The summed E-state index contributed by atoms with van der Waals surface area (Å²) in [5.74, 6) is 0.455. The predicted molar refractivity (Wildman–Crippen MR) is 147 cm³/mol. The molecule has 3 aromatic carbocycles. The number of rotatable bonds is 9. The molecule has 6 heteroatoms. The van der Waals surface area contributed by atoms with Gasteiger partial charge in [0.25, 0.3) is 0 Å². The first-order chi connectivity index (χ1) is 15.6. The van der Waals surface area contributed by atoms with Gasteiger partial charge in [-0.1, -0.05) is 12.8 Å². The number of unbranched alkanes of at least 4 members (excludes halogenated alkanes) is 3. The van der Waals surface area contributed by atoms with Crippen LogP contribution in [-0.2, 0) is 11.3 Å². The zero-order valence-electron chi connectivity index (χ0n) is 17.9. The lowest BCUT2D eigenvalue weighted by atomic mass is 10.2. The minimum Gasteiger partial charge on any atom is -0.494 e. The van der Waals surface area contributed by atoms with Gasteiger partial charge in [-0.25, -0.2) is 4.79 Å². The fourth-order valence-corrected chi connectivity index (χ4v) is 4.99. The van der Waals surface area contributed by atoms with Gasteiger partial charge in [-0.15, -0.1) is 0 Å². The molecular formula is C26H25I2NO3. The highest BCUT2D eigenvalue weighted by atomic mass is 127. The third kappa shape index (κ3) is 5.39. The van der Waals surface area contributed by atoms with E-state index < -0.39 is 0 Å². The van der Waals surface area contributed by atoms with Gasteiger partial charge in [0.15, 0.2) is 0 Å². The molecule has 4 rings (SSSR count). The molecule has 0 amide bonds. The molecule has 0 N–H and O–H groups in total. The fourth-order valence-electron chi connectivity index (χ4n) is 4.01. The summed E-state index contributed by atoms with van der Waals surface area (Å²) in [6.45, 7) is 1.71. The van der Waals surface area contributed by atoms with E-state index in [9.17, 15) is 4.79 Å². The van der Waals surface area contributed by atoms with Crippen LogP contribution in [0.4, 0.5) is 0 Å². The number of hydrogen-bond acceptors (Lipinski definition) is 3. The Morgan fingerprint density at radius 1 is 0.812 bits per heavy atom. The van der Waals surface area contributed by atoms with Gasteiger partial charge in [0.1, 0.15) is 5.75 Å². The van der Waals surface area contributed by atoms with Crippen molar-refractivity contribution in [1.82, 2.24) is 4.57 Å². The Hall–Kier alpha value is -1.81. The Morgan fingerprint density at radius 2 is 1.41 bits per heavy atom. The monoisotopic (exact) mass is 653 g/mol. The minimum atomic E-state index is -0.329. The first-order valence-electron chi connectivity index (χ1n) is 10.7. The lowest BCUT2D eigenvalue weighted by molar-refractivity contribution is 0.0600. The van der Waals surface area contributed by atoms with Gasteiger partial charge in [-0.2, -0.15) is 0 Å². The summed E-state index contributed by atoms with van der Waals surface area (Å²) in [6.07, 6.45) is 4.46. The molecule has 0 bridgehead atoms. The van der Waals surface area contributed by atoms with Gasteiger partial charge >= 0.3 is 5.97 Å². The maximum absolute atomic E-state index is 11.5. The summed E-state index contributed by atoms with van der Waals surface area (Å²) in [5, 5.41) is 2.69. The SMILES string of the molecule is COC(=O)c1ccc(OCCCCCCn2c3ccc(I)cc3c3cc(I)ccc32)cc1. The van der Waals surface area contributed by atoms with E-state index in [0.29, 0.717) is 12.2 Å². The Labute approximate surface area is 215 Å². The third-order valence-electron chi connectivity index (χ3n) is 5.61. The van der Waals surface area contributed by atoms with Crippen molar-refractivity contribution in [3.05, 3.63) is 73.4 Å². The summed E-state index contributed by atoms with van der Waals surface area (Å²) in [6, 6.07) is 20.6. The number of aromatic nitrogens is 1. The fraction of sp³-hybridized carbons (Fsp3) is 0.269. The number of aryl methyl sites for hydroxylation is 1. The number of nitrogens with zero attached hydrogens (tertiary/aromatic N) is 1. The maximum atomic E-state index is 11.5. The van der Waals surface area contributed by atoms with Crippen LogP contribution in [0.25, 0.3) is 21.8 Å². The molecule has 0 aliphatic rings. The van der Waals surface area contributed by atoms with Gasteiger partial charge in [0.05, 0.1) is 19.3 Å². The second-order valence-electron chi connectivity index (χ2n) is 7.75. The van der Waals surface area contributed by atoms with Crippen molar-refractivity contribution in [3.8, 4) is 5.75 Å². The topological polar surface area (TPSA) is 40.5 Å². The third-order valence-corrected chi connectivity index (χ3v) is 6.95. The van der Waals surface area contributed by atoms with E-state index in [1.165, 1.54) is 42.5 Å². The quantitative estimate of drug-likeness (QED) is 0.107. The second kappa shape index (κ2) is 10.9. The molecule has 4 nitrogen and oxygen atoms in total. The van der Waals surface area contributed by atoms with Crippen LogP contribution < -0.4 is 4.74 Å². The van der Waals surface area contributed by atoms with Gasteiger partial charge in [0.2, 0.25) is 0 Å². The Balaban J connectivity index is 1.28. The van der Waals surface area contributed by atoms with Crippen LogP contribution in [-0.4, -0.2) is 24.3 Å². The lowest BCUT2D eigenvalue weighted by Crippen LogP contribution is -2.02. The highest BCUT2D eigenvalue weighted by Crippen LogP contribution is 2.31. The molecule has 1 heterocycles. The number of fused-ring (bicyclic) bond motifs is 3. The Kier molecular flexibility index (Phi) is 7.93. The highest BCUT2D eigenvalue weighted by molar-refractivity contribution is 14.1. The summed E-state index contributed by atoms with van der Waals surface area (Å²) in [4.78, 5) is 11.5. The zero-order chi connectivity index (χ0) is 22.5. The van der Waals surface area contributed by atoms with Gasteiger partial charge < -0.3 is 14.0 Å². The molecule has 4 aromatic rings. The smallest absolute Gasteiger partial charge is 0.337 e. The van der Waals surface area contributed by atoms with Crippen molar-refractivity contribution in [1.29, 1.82) is 0 Å². The number of esters is 1. The van der Waals surface area contributed by atoms with E-state index >= 15 is 0 Å². The number of carbonyl (C=O) groups excluding carboxylic acids is 1. The summed E-state index contributed by atoms with van der Waals surface area (Å²) in [7, 11) is 1.38. The molecular weight excluding hydrogens is 628 g/mol. The standard InChI is InChI=1S/C26H25I2NO3/c1-31-26(30)18-6-10-21(11-7-18)32-15-5-3-2-4-14-29-24-12-8-19(27)16-22(24)23-17-20(28)9-13-25(23)29/h6-13,16-17H,2-5,14-15H2,1H3. The largest absolute Gasteiger partial charge is 0.494 e. The molecule has 1 aromatic heterocycles. The lowest BCUT2D eigenvalue weighted by Gasteiger charge is -2.09. The molecule has 0 fully saturated rings. The molecule has 0 aliphatic heterocycles. The molecule has 0 atom stereocenters. The average molecular weight is 653 g/mol. The molecule has 0 saturated heterocycles. The predicted octanol–water partition coefficient (Wildman–Crippen LogP) is 7.43. The molecule has 0 spiro atoms. The van der Waals surface area contributed by atoms with Crippen LogP contribution in [0.5, 0.6) is 5.75 Å². The van der Waals surface area contributed by atoms with Crippen LogP contribution in [0.15, 0.2) is 60.7 Å². The van der Waals surface area contributed by atoms with E-state index in [-0.39, 0.29) is 5.97 Å². The van der Waals surface area contributed by atoms with Gasteiger partial charge in [0, 0.05) is 35.5 Å². The molecule has 166 valence electrons. The van der Waals surface area contributed by atoms with Crippen LogP contribution in [0.2, 0.25) is 0 Å². The van der Waals surface area contributed by atoms with Crippen LogP contribution >= 0.6 is 45.2 Å². The van der Waals surface area contributed by atoms with Crippen molar-refractivity contribution < 1.29 is 14.3 Å². The summed E-state index contributed by atoms with van der Waals surface area (Å²) >= 11 is 4.79. The molecule has 0 unspecified atom stereocenters. The van der Waals surface area contributed by atoms with Gasteiger partial charge in [-0.05, 0) is 119 Å². The normalized spacial score (nSPS) is 11.2. The van der Waals surface area contributed by atoms with Crippen molar-refractivity contribution in [2.24, 2.45) is 0 Å². The van der Waals surface area contributed by atoms with Crippen molar-refractivity contribution in [2.75, 3.05) is 13.7 Å². The molecule has 0 saturated carbocycles. The van der Waals surface area contributed by atoms with E-state index in [2.05, 4.69) is 86.1 Å². The van der Waals surface area contributed by atoms with Crippen molar-refractivity contribution >= 4 is 73.0 Å². The number of hydrogen-bond donors (Lipinski definition) is 0. The van der Waals surface area contributed by atoms with E-state index in [1.54, 1.807) is 12.1 Å². The van der Waals surface area contributed by atoms with E-state index in [4.69, 9.17) is 9.47 Å².